The van der Waals surface area contributed by atoms with Crippen molar-refractivity contribution in [2.24, 2.45) is 0 Å². The summed E-state index contributed by atoms with van der Waals surface area (Å²) in [5.74, 6) is -0.355. The van der Waals surface area contributed by atoms with E-state index in [1.54, 1.807) is 6.08 Å². The van der Waals surface area contributed by atoms with E-state index < -0.39 is 0 Å². The molecule has 2 nitrogen and oxygen atoms in total. The van der Waals surface area contributed by atoms with E-state index in [1.165, 1.54) is 13.2 Å². The maximum Gasteiger partial charge on any atom is 0.330 e. The number of methoxy groups -OCH3 is 1. The fourth-order valence-electron chi connectivity index (χ4n) is 0.623. The van der Waals surface area contributed by atoms with Crippen LogP contribution in [0.15, 0.2) is 12.2 Å². The quantitative estimate of drug-likeness (QED) is 0.373. The largest absolute Gasteiger partial charge is 0.466 e. The van der Waals surface area contributed by atoms with Crippen molar-refractivity contribution in [3.05, 3.63) is 12.2 Å². The molecule has 0 aromatic rings. The molecule has 1 unspecified atom stereocenters. The molecule has 0 aliphatic heterocycles. The van der Waals surface area contributed by atoms with Gasteiger partial charge in [-0.25, -0.2) is 4.79 Å². The molecule has 0 aromatic carbocycles. The van der Waals surface area contributed by atoms with Crippen molar-refractivity contribution < 1.29 is 9.53 Å². The number of allylic oxidation sites excluding steroid dienone is 1. The van der Waals surface area contributed by atoms with E-state index in [1.807, 2.05) is 6.92 Å². The first-order chi connectivity index (χ1) is 5.20. The van der Waals surface area contributed by atoms with E-state index in [4.69, 9.17) is 11.6 Å². The average molecular weight is 177 g/mol. The molecule has 0 saturated carbocycles. The first-order valence-electron chi connectivity index (χ1n) is 3.61. The van der Waals surface area contributed by atoms with E-state index in [0.29, 0.717) is 0 Å². The molecule has 0 aromatic heterocycles. The predicted octanol–water partition coefficient (Wildman–Crippen LogP) is 2.12. The van der Waals surface area contributed by atoms with Crippen molar-refractivity contribution in [3.63, 3.8) is 0 Å². The maximum absolute atomic E-state index is 10.6. The topological polar surface area (TPSA) is 26.3 Å². The van der Waals surface area contributed by atoms with Crippen molar-refractivity contribution >= 4 is 17.6 Å². The third kappa shape index (κ3) is 5.92. The Morgan fingerprint density at radius 2 is 2.36 bits per heavy atom. The Morgan fingerprint density at radius 1 is 1.73 bits per heavy atom. The lowest BCUT2D eigenvalue weighted by atomic mass is 10.2. The second-order valence-electron chi connectivity index (χ2n) is 2.19. The lowest BCUT2D eigenvalue weighted by molar-refractivity contribution is -0.134. The minimum absolute atomic E-state index is 0.0564. The van der Waals surface area contributed by atoms with Crippen molar-refractivity contribution in [2.45, 2.75) is 25.1 Å². The molecule has 0 fully saturated rings. The van der Waals surface area contributed by atoms with Crippen molar-refractivity contribution in [1.82, 2.24) is 0 Å². The van der Waals surface area contributed by atoms with Gasteiger partial charge in [0.15, 0.2) is 0 Å². The van der Waals surface area contributed by atoms with Gasteiger partial charge < -0.3 is 4.74 Å². The van der Waals surface area contributed by atoms with Crippen LogP contribution < -0.4 is 0 Å². The molecule has 0 amide bonds. The second kappa shape index (κ2) is 6.23. The van der Waals surface area contributed by atoms with E-state index in [2.05, 4.69) is 4.74 Å². The van der Waals surface area contributed by atoms with Crippen molar-refractivity contribution in [1.29, 1.82) is 0 Å². The number of hydrogen-bond acceptors (Lipinski definition) is 2. The third-order valence-electron chi connectivity index (χ3n) is 1.21. The van der Waals surface area contributed by atoms with Crippen LogP contribution in [0.5, 0.6) is 0 Å². The van der Waals surface area contributed by atoms with Crippen LogP contribution in [-0.4, -0.2) is 18.5 Å². The predicted molar refractivity (Wildman–Crippen MR) is 45.7 cm³/mol. The molecule has 0 spiro atoms. The summed E-state index contributed by atoms with van der Waals surface area (Å²) in [7, 11) is 1.34. The maximum atomic E-state index is 10.6. The Balaban J connectivity index is 3.63. The fraction of sp³-hybridized carbons (Fsp3) is 0.625. The molecular weight excluding hydrogens is 164 g/mol. The van der Waals surface area contributed by atoms with Gasteiger partial charge in [0.1, 0.15) is 0 Å². The van der Waals surface area contributed by atoms with Crippen LogP contribution in [0.2, 0.25) is 0 Å². The molecule has 0 rings (SSSR count). The lowest BCUT2D eigenvalue weighted by Gasteiger charge is -1.98. The highest BCUT2D eigenvalue weighted by atomic mass is 35.5. The van der Waals surface area contributed by atoms with Crippen LogP contribution >= 0.6 is 11.6 Å². The number of carbonyl (C=O) groups excluding carboxylic acids is 1. The average Bonchev–Trinajstić information content (AvgIpc) is 2.01. The van der Waals surface area contributed by atoms with E-state index in [0.717, 1.165) is 12.8 Å². The summed E-state index contributed by atoms with van der Waals surface area (Å²) in [6.45, 7) is 2.04. The van der Waals surface area contributed by atoms with Crippen molar-refractivity contribution in [3.8, 4) is 0 Å². The van der Waals surface area contributed by atoms with Gasteiger partial charge in [-0.2, -0.15) is 0 Å². The number of halogens is 1. The number of alkyl halides is 1. The summed E-state index contributed by atoms with van der Waals surface area (Å²) in [6.07, 6.45) is 4.90. The van der Waals surface area contributed by atoms with Crippen LogP contribution in [0.1, 0.15) is 19.8 Å². The molecule has 64 valence electrons. The van der Waals surface area contributed by atoms with Gasteiger partial charge in [-0.1, -0.05) is 19.4 Å². The van der Waals surface area contributed by atoms with Gasteiger partial charge in [0.2, 0.25) is 0 Å². The van der Waals surface area contributed by atoms with E-state index in [-0.39, 0.29) is 11.3 Å². The van der Waals surface area contributed by atoms with E-state index >= 15 is 0 Å². The smallest absolute Gasteiger partial charge is 0.330 e. The second-order valence-corrected chi connectivity index (χ2v) is 2.75. The molecule has 3 heteroatoms. The van der Waals surface area contributed by atoms with Gasteiger partial charge in [0.25, 0.3) is 0 Å². The summed E-state index contributed by atoms with van der Waals surface area (Å²) < 4.78 is 4.39. The Morgan fingerprint density at radius 3 is 2.82 bits per heavy atom. The Bertz CT molecular complexity index is 143. The zero-order valence-electron chi connectivity index (χ0n) is 6.84. The fourth-order valence-corrected chi connectivity index (χ4v) is 0.914. The van der Waals surface area contributed by atoms with Crippen LogP contribution in [-0.2, 0) is 9.53 Å². The lowest BCUT2D eigenvalue weighted by Crippen LogP contribution is -1.97. The summed E-state index contributed by atoms with van der Waals surface area (Å²) >= 11 is 5.79. The van der Waals surface area contributed by atoms with Gasteiger partial charge >= 0.3 is 5.97 Å². The van der Waals surface area contributed by atoms with Gasteiger partial charge in [-0.15, -0.1) is 11.6 Å². The number of hydrogen-bond donors (Lipinski definition) is 0. The zero-order valence-corrected chi connectivity index (χ0v) is 7.60. The standard InChI is InChI=1S/C8H13ClO2/c1-3-4-7(9)5-6-8(10)11-2/h5-7H,3-4H2,1-2H3/b6-5+. The van der Waals surface area contributed by atoms with Gasteiger partial charge in [-0.05, 0) is 6.42 Å². The highest BCUT2D eigenvalue weighted by Crippen LogP contribution is 2.05. The van der Waals surface area contributed by atoms with Gasteiger partial charge in [-0.3, -0.25) is 0 Å². The first-order valence-corrected chi connectivity index (χ1v) is 4.04. The van der Waals surface area contributed by atoms with Crippen LogP contribution in [0, 0.1) is 0 Å². The molecule has 1 atom stereocenters. The molecule has 0 N–H and O–H groups in total. The molecule has 0 aliphatic rings. The first kappa shape index (κ1) is 10.5. The Hall–Kier alpha value is -0.500. The number of esters is 1. The number of ether oxygens (including phenoxy) is 1. The normalized spacial score (nSPS) is 13.4. The Labute approximate surface area is 72.2 Å². The van der Waals surface area contributed by atoms with Crippen LogP contribution in [0.3, 0.4) is 0 Å². The molecule has 11 heavy (non-hydrogen) atoms. The highest BCUT2D eigenvalue weighted by molar-refractivity contribution is 6.21. The molecule has 0 heterocycles. The van der Waals surface area contributed by atoms with E-state index in [9.17, 15) is 4.79 Å². The Kier molecular flexibility index (Phi) is 5.94. The zero-order chi connectivity index (χ0) is 8.69. The minimum Gasteiger partial charge on any atom is -0.466 e. The summed E-state index contributed by atoms with van der Waals surface area (Å²) in [6, 6.07) is 0. The summed E-state index contributed by atoms with van der Waals surface area (Å²) in [5, 5.41) is -0.0564. The highest BCUT2D eigenvalue weighted by Gasteiger charge is 1.98. The minimum atomic E-state index is -0.355. The molecule has 0 radical (unpaired) electrons. The molecule has 0 bridgehead atoms. The monoisotopic (exact) mass is 176 g/mol. The van der Waals surface area contributed by atoms with Crippen LogP contribution in [0.25, 0.3) is 0 Å². The third-order valence-corrected chi connectivity index (χ3v) is 1.57. The van der Waals surface area contributed by atoms with Gasteiger partial charge in [0, 0.05) is 6.08 Å². The summed E-state index contributed by atoms with van der Waals surface area (Å²) in [5.41, 5.74) is 0. The van der Waals surface area contributed by atoms with Crippen LogP contribution in [0.4, 0.5) is 0 Å². The number of carbonyl (C=O) groups is 1. The molecule has 0 saturated heterocycles. The molecular formula is C8H13ClO2. The summed E-state index contributed by atoms with van der Waals surface area (Å²) in [4.78, 5) is 10.6. The van der Waals surface area contributed by atoms with Gasteiger partial charge in [0.05, 0.1) is 12.5 Å². The molecule has 0 aliphatic carbocycles. The van der Waals surface area contributed by atoms with Crippen molar-refractivity contribution in [2.75, 3.05) is 7.11 Å². The SMILES string of the molecule is CCCC(Cl)/C=C/C(=O)OC. The number of rotatable bonds is 4.